The van der Waals surface area contributed by atoms with Crippen molar-refractivity contribution in [1.82, 2.24) is 15.0 Å². The zero-order valence-corrected chi connectivity index (χ0v) is 25.2. The van der Waals surface area contributed by atoms with Gasteiger partial charge in [-0.2, -0.15) is 0 Å². The first-order chi connectivity index (χ1) is 21.3. The van der Waals surface area contributed by atoms with Gasteiger partial charge in [-0.05, 0) is 60.4 Å². The molecule has 2 atom stereocenters. The minimum Gasteiger partial charge on any atom is -0.396 e. The Balaban J connectivity index is 1.19. The number of allylic oxidation sites excluding steroid dienone is 1. The standard InChI is InChI=1S/C34H34ClN5O4/c1-23(6-4-5-18-38-22-27(17-19-41)36-37-38)34(44)29-20-26(35)12-15-31(29)39(33(34)43)21-24-9-13-28(14-10-24)40-30-8-3-2-7-25(30)11-16-32(40)42/h2-4,6-10,12-15,20,22-23,41,44H,5,11,16-19,21H2,1H3/b6-4+/t23-,34+/m1/s1. The highest BCUT2D eigenvalue weighted by molar-refractivity contribution is 6.31. The topological polar surface area (TPSA) is 112 Å². The predicted molar refractivity (Wildman–Crippen MR) is 169 cm³/mol. The van der Waals surface area contributed by atoms with Crippen molar-refractivity contribution in [3.63, 3.8) is 0 Å². The maximum Gasteiger partial charge on any atom is 0.264 e. The Bertz CT molecular complexity index is 1720. The van der Waals surface area contributed by atoms with Crippen molar-refractivity contribution < 1.29 is 19.8 Å². The van der Waals surface area contributed by atoms with Crippen LogP contribution in [-0.4, -0.2) is 43.6 Å². The van der Waals surface area contributed by atoms with Crippen molar-refractivity contribution in [2.45, 2.75) is 51.3 Å². The van der Waals surface area contributed by atoms with Crippen molar-refractivity contribution in [2.75, 3.05) is 16.4 Å². The van der Waals surface area contributed by atoms with Gasteiger partial charge in [-0.15, -0.1) is 5.10 Å². The summed E-state index contributed by atoms with van der Waals surface area (Å²) in [4.78, 5) is 30.2. The molecule has 0 aliphatic carbocycles. The van der Waals surface area contributed by atoms with E-state index < -0.39 is 17.4 Å². The fourth-order valence-electron chi connectivity index (χ4n) is 6.04. The molecule has 9 nitrogen and oxygen atoms in total. The number of carbonyl (C=O) groups excluding carboxylic acids is 2. The van der Waals surface area contributed by atoms with Crippen molar-refractivity contribution in [1.29, 1.82) is 0 Å². The normalized spacial score (nSPS) is 18.6. The second kappa shape index (κ2) is 12.4. The smallest absolute Gasteiger partial charge is 0.264 e. The summed E-state index contributed by atoms with van der Waals surface area (Å²) in [6.07, 6.45) is 7.84. The van der Waals surface area contributed by atoms with Crippen molar-refractivity contribution >= 4 is 40.5 Å². The minimum atomic E-state index is -1.79. The number of nitrogens with zero attached hydrogens (tertiary/aromatic N) is 5. The van der Waals surface area contributed by atoms with Crippen LogP contribution in [0.1, 0.15) is 42.1 Å². The summed E-state index contributed by atoms with van der Waals surface area (Å²) in [5.41, 5.74) is 3.71. The monoisotopic (exact) mass is 611 g/mol. The van der Waals surface area contributed by atoms with E-state index in [9.17, 15) is 14.7 Å². The number of fused-ring (bicyclic) bond motifs is 2. The Hall–Kier alpha value is -4.31. The molecule has 0 bridgehead atoms. The number of amides is 2. The Morgan fingerprint density at radius 1 is 1.05 bits per heavy atom. The second-order valence-corrected chi connectivity index (χ2v) is 11.7. The summed E-state index contributed by atoms with van der Waals surface area (Å²) >= 11 is 6.35. The maximum atomic E-state index is 14.0. The van der Waals surface area contributed by atoms with Gasteiger partial charge < -0.3 is 15.1 Å². The molecule has 2 aliphatic heterocycles. The van der Waals surface area contributed by atoms with Gasteiger partial charge in [-0.25, -0.2) is 0 Å². The average Bonchev–Trinajstić information content (AvgIpc) is 3.56. The van der Waals surface area contributed by atoms with Crippen LogP contribution in [0.2, 0.25) is 5.02 Å². The van der Waals surface area contributed by atoms with E-state index in [0.717, 1.165) is 34.6 Å². The van der Waals surface area contributed by atoms with Crippen LogP contribution in [0, 0.1) is 5.92 Å². The van der Waals surface area contributed by atoms with E-state index in [1.165, 1.54) is 0 Å². The number of anilines is 3. The van der Waals surface area contributed by atoms with Gasteiger partial charge in [0, 0.05) is 54.4 Å². The zero-order valence-electron chi connectivity index (χ0n) is 24.4. The number of aromatic nitrogens is 3. The summed E-state index contributed by atoms with van der Waals surface area (Å²) in [5.74, 6) is -0.900. The lowest BCUT2D eigenvalue weighted by molar-refractivity contribution is -0.139. The summed E-state index contributed by atoms with van der Waals surface area (Å²) in [6.45, 7) is 2.66. The third-order valence-corrected chi connectivity index (χ3v) is 8.65. The molecule has 226 valence electrons. The maximum absolute atomic E-state index is 14.0. The fourth-order valence-corrected chi connectivity index (χ4v) is 6.22. The molecule has 0 fully saturated rings. The molecule has 10 heteroatoms. The van der Waals surface area contributed by atoms with E-state index in [-0.39, 0.29) is 19.1 Å². The van der Waals surface area contributed by atoms with E-state index in [1.54, 1.807) is 38.9 Å². The van der Waals surface area contributed by atoms with Crippen molar-refractivity contribution in [2.24, 2.45) is 5.92 Å². The number of rotatable bonds is 10. The lowest BCUT2D eigenvalue weighted by Gasteiger charge is -2.30. The molecule has 2 amide bonds. The van der Waals surface area contributed by atoms with E-state index in [1.807, 2.05) is 61.5 Å². The lowest BCUT2D eigenvalue weighted by atomic mass is 9.83. The van der Waals surface area contributed by atoms with E-state index in [2.05, 4.69) is 16.4 Å². The van der Waals surface area contributed by atoms with Crippen LogP contribution in [0.4, 0.5) is 17.1 Å². The molecule has 0 radical (unpaired) electrons. The van der Waals surface area contributed by atoms with Gasteiger partial charge >= 0.3 is 0 Å². The minimum absolute atomic E-state index is 0.0190. The van der Waals surface area contributed by atoms with Gasteiger partial charge in [0.15, 0.2) is 5.60 Å². The van der Waals surface area contributed by atoms with Crippen LogP contribution in [0.25, 0.3) is 0 Å². The summed E-state index contributed by atoms with van der Waals surface area (Å²) < 4.78 is 1.71. The van der Waals surface area contributed by atoms with Gasteiger partial charge in [0.1, 0.15) is 0 Å². The molecular weight excluding hydrogens is 578 g/mol. The SMILES string of the molecule is C[C@H](/C=C/CCn1cc(CCO)nn1)[C@@]1(O)C(=O)N(Cc2ccc(N3C(=O)CCc4ccccc43)cc2)c2ccc(Cl)cc21. The van der Waals surface area contributed by atoms with Crippen LogP contribution >= 0.6 is 11.6 Å². The first kappa shape index (κ1) is 29.7. The quantitative estimate of drug-likeness (QED) is 0.242. The number of hydrogen-bond acceptors (Lipinski definition) is 6. The number of aliphatic hydroxyl groups excluding tert-OH is 1. The summed E-state index contributed by atoms with van der Waals surface area (Å²) in [5, 5.41) is 29.6. The molecule has 3 aromatic carbocycles. The molecular formula is C34H34ClN5O4. The Labute approximate surface area is 261 Å². The molecule has 0 unspecified atom stereocenters. The third kappa shape index (κ3) is 5.54. The summed E-state index contributed by atoms with van der Waals surface area (Å²) in [6, 6.07) is 20.7. The number of carbonyl (C=O) groups is 2. The van der Waals surface area contributed by atoms with Crippen LogP contribution in [-0.2, 0) is 41.1 Å². The Kier molecular flexibility index (Phi) is 8.35. The number of aryl methyl sites for hydroxylation is 2. The average molecular weight is 612 g/mol. The molecule has 0 spiro atoms. The van der Waals surface area contributed by atoms with E-state index >= 15 is 0 Å². The number of hydrogen-bond donors (Lipinski definition) is 2. The van der Waals surface area contributed by atoms with Crippen LogP contribution in [0.5, 0.6) is 0 Å². The molecule has 0 saturated carbocycles. The number of benzene rings is 3. The summed E-state index contributed by atoms with van der Waals surface area (Å²) in [7, 11) is 0. The Morgan fingerprint density at radius 3 is 2.64 bits per heavy atom. The molecule has 2 aliphatic rings. The van der Waals surface area contributed by atoms with E-state index in [0.29, 0.717) is 42.1 Å². The second-order valence-electron chi connectivity index (χ2n) is 11.3. The van der Waals surface area contributed by atoms with Crippen LogP contribution in [0.3, 0.4) is 0 Å². The molecule has 1 aromatic heterocycles. The zero-order chi connectivity index (χ0) is 30.8. The number of para-hydroxylation sites is 1. The molecule has 6 rings (SSSR count). The Morgan fingerprint density at radius 2 is 1.84 bits per heavy atom. The van der Waals surface area contributed by atoms with Gasteiger partial charge in [-0.3, -0.25) is 19.2 Å². The lowest BCUT2D eigenvalue weighted by Crippen LogP contribution is -2.44. The predicted octanol–water partition coefficient (Wildman–Crippen LogP) is 5.09. The highest BCUT2D eigenvalue weighted by Crippen LogP contribution is 2.47. The fraction of sp³-hybridized carbons (Fsp3) is 0.294. The highest BCUT2D eigenvalue weighted by atomic mass is 35.5. The molecule has 4 aromatic rings. The molecule has 44 heavy (non-hydrogen) atoms. The first-order valence-corrected chi connectivity index (χ1v) is 15.2. The van der Waals surface area contributed by atoms with Crippen molar-refractivity contribution in [3.8, 4) is 0 Å². The highest BCUT2D eigenvalue weighted by Gasteiger charge is 2.52. The molecule has 0 saturated heterocycles. The number of aliphatic hydroxyl groups is 2. The molecule has 2 N–H and O–H groups in total. The number of halogens is 1. The van der Waals surface area contributed by atoms with Gasteiger partial charge in [0.05, 0.1) is 23.6 Å². The largest absolute Gasteiger partial charge is 0.396 e. The van der Waals surface area contributed by atoms with Crippen LogP contribution in [0.15, 0.2) is 85.1 Å². The molecule has 3 heterocycles. The third-order valence-electron chi connectivity index (χ3n) is 8.42. The van der Waals surface area contributed by atoms with Gasteiger partial charge in [0.25, 0.3) is 5.91 Å². The van der Waals surface area contributed by atoms with E-state index in [4.69, 9.17) is 16.7 Å². The van der Waals surface area contributed by atoms with Crippen molar-refractivity contribution in [3.05, 3.63) is 112 Å². The van der Waals surface area contributed by atoms with Gasteiger partial charge in [-0.1, -0.05) is 66.2 Å². The first-order valence-electron chi connectivity index (χ1n) is 14.8. The van der Waals surface area contributed by atoms with Crippen LogP contribution < -0.4 is 9.80 Å². The van der Waals surface area contributed by atoms with Gasteiger partial charge in [0.2, 0.25) is 5.91 Å².